The van der Waals surface area contributed by atoms with Crippen molar-refractivity contribution in [3.63, 3.8) is 0 Å². The first kappa shape index (κ1) is 14.6. The molecule has 0 aromatic rings. The molecule has 0 aromatic carbocycles. The topological polar surface area (TPSA) is 87.0 Å². The van der Waals surface area contributed by atoms with Gasteiger partial charge in [-0.05, 0) is 0 Å². The van der Waals surface area contributed by atoms with Crippen LogP contribution in [0.25, 0.3) is 0 Å². The summed E-state index contributed by atoms with van der Waals surface area (Å²) in [5, 5.41) is 24.6. The molecule has 0 saturated carbocycles. The van der Waals surface area contributed by atoms with Crippen LogP contribution >= 0.6 is 0 Å². The Bertz CT molecular complexity index is 156. The number of hydrogen-bond acceptors (Lipinski definition) is 5. The lowest BCUT2D eigenvalue weighted by atomic mass is 10.2. The summed E-state index contributed by atoms with van der Waals surface area (Å²) in [7, 11) is 1.31. The SMILES string of the molecule is C=CC(=O)OC.CC(C)C(O)(O)O. The highest BCUT2D eigenvalue weighted by Crippen LogP contribution is 2.06. The summed E-state index contributed by atoms with van der Waals surface area (Å²) in [6, 6.07) is 0. The zero-order valence-electron chi connectivity index (χ0n) is 8.02. The molecule has 0 aliphatic rings. The largest absolute Gasteiger partial charge is 0.466 e. The van der Waals surface area contributed by atoms with Gasteiger partial charge in [-0.15, -0.1) is 0 Å². The normalized spacial score (nSPS) is 10.1. The fraction of sp³-hybridized carbons (Fsp3) is 0.625. The third kappa shape index (κ3) is 11.1. The third-order valence-corrected chi connectivity index (χ3v) is 1.14. The van der Waals surface area contributed by atoms with E-state index in [0.29, 0.717) is 0 Å². The summed E-state index contributed by atoms with van der Waals surface area (Å²) in [6.45, 7) is 6.16. The van der Waals surface area contributed by atoms with Gasteiger partial charge in [0.2, 0.25) is 0 Å². The van der Waals surface area contributed by atoms with Crippen molar-refractivity contribution in [1.82, 2.24) is 0 Å². The van der Waals surface area contributed by atoms with Gasteiger partial charge >= 0.3 is 5.97 Å². The Labute approximate surface area is 77.3 Å². The second-order valence-electron chi connectivity index (χ2n) is 2.57. The van der Waals surface area contributed by atoms with Crippen LogP contribution in [0.15, 0.2) is 12.7 Å². The number of carbonyl (C=O) groups excluding carboxylic acids is 1. The predicted octanol–water partition coefficient (Wildman–Crippen LogP) is -0.382. The molecule has 0 amide bonds. The first-order chi connectivity index (χ1) is 5.75. The van der Waals surface area contributed by atoms with Crippen LogP contribution in [0.4, 0.5) is 0 Å². The standard InChI is InChI=1S/C4H10O3.C4H6O2/c1-3(2)4(5,6)7;1-3-4(5)6-2/h3,5-7H,1-2H3;3H,1H2,2H3. The van der Waals surface area contributed by atoms with Crippen molar-refractivity contribution in [3.8, 4) is 0 Å². The van der Waals surface area contributed by atoms with Crippen LogP contribution in [-0.4, -0.2) is 34.4 Å². The van der Waals surface area contributed by atoms with E-state index in [0.717, 1.165) is 6.08 Å². The van der Waals surface area contributed by atoms with E-state index in [1.165, 1.54) is 21.0 Å². The van der Waals surface area contributed by atoms with Crippen molar-refractivity contribution in [2.75, 3.05) is 7.11 Å². The minimum absolute atomic E-state index is 0.394. The molecule has 5 nitrogen and oxygen atoms in total. The highest BCUT2D eigenvalue weighted by Gasteiger charge is 2.22. The van der Waals surface area contributed by atoms with E-state index in [-0.39, 0.29) is 0 Å². The van der Waals surface area contributed by atoms with Gasteiger partial charge in [-0.25, -0.2) is 4.79 Å². The summed E-state index contributed by atoms with van der Waals surface area (Å²) >= 11 is 0. The molecule has 0 heterocycles. The minimum atomic E-state index is -2.50. The molecular formula is C8H16O5. The van der Waals surface area contributed by atoms with Crippen molar-refractivity contribution < 1.29 is 24.9 Å². The molecule has 5 heteroatoms. The van der Waals surface area contributed by atoms with Crippen molar-refractivity contribution in [2.45, 2.75) is 19.8 Å². The van der Waals surface area contributed by atoms with Gasteiger partial charge in [0.25, 0.3) is 5.97 Å². The number of esters is 1. The molecule has 13 heavy (non-hydrogen) atoms. The number of ether oxygens (including phenoxy) is 1. The first-order valence-electron chi connectivity index (χ1n) is 3.63. The van der Waals surface area contributed by atoms with E-state index in [4.69, 9.17) is 15.3 Å². The number of hydrogen-bond donors (Lipinski definition) is 3. The molecule has 0 aliphatic heterocycles. The fourth-order valence-corrected chi connectivity index (χ4v) is 0.0833. The van der Waals surface area contributed by atoms with Crippen molar-refractivity contribution in [3.05, 3.63) is 12.7 Å². The van der Waals surface area contributed by atoms with Gasteiger partial charge in [0, 0.05) is 12.0 Å². The molecule has 0 aromatic heterocycles. The first-order valence-corrected chi connectivity index (χ1v) is 3.63. The summed E-state index contributed by atoms with van der Waals surface area (Å²) < 4.78 is 4.14. The van der Waals surface area contributed by atoms with Gasteiger partial charge < -0.3 is 20.1 Å². The van der Waals surface area contributed by atoms with Crippen LogP contribution < -0.4 is 0 Å². The minimum Gasteiger partial charge on any atom is -0.466 e. The maximum Gasteiger partial charge on any atom is 0.329 e. The maximum atomic E-state index is 9.84. The monoisotopic (exact) mass is 192 g/mol. The van der Waals surface area contributed by atoms with Gasteiger partial charge in [0.15, 0.2) is 0 Å². The molecule has 0 saturated heterocycles. The Morgan fingerprint density at radius 1 is 1.46 bits per heavy atom. The van der Waals surface area contributed by atoms with E-state index in [1.807, 2.05) is 0 Å². The van der Waals surface area contributed by atoms with E-state index in [2.05, 4.69) is 11.3 Å². The van der Waals surface area contributed by atoms with E-state index in [9.17, 15) is 4.79 Å². The average Bonchev–Trinajstić information content (AvgIpc) is 2.02. The lowest BCUT2D eigenvalue weighted by Crippen LogP contribution is -2.33. The van der Waals surface area contributed by atoms with Gasteiger partial charge in [-0.2, -0.15) is 0 Å². The van der Waals surface area contributed by atoms with Crippen LogP contribution in [0.2, 0.25) is 0 Å². The Kier molecular flexibility index (Phi) is 7.40. The zero-order chi connectivity index (χ0) is 11.1. The Balaban J connectivity index is 0. The Morgan fingerprint density at radius 2 is 1.77 bits per heavy atom. The second kappa shape index (κ2) is 6.59. The summed E-state index contributed by atoms with van der Waals surface area (Å²) in [6.07, 6.45) is 1.11. The van der Waals surface area contributed by atoms with Crippen LogP contribution in [-0.2, 0) is 9.53 Å². The molecule has 3 N–H and O–H groups in total. The lowest BCUT2D eigenvalue weighted by molar-refractivity contribution is -0.335. The maximum absolute atomic E-state index is 9.84. The van der Waals surface area contributed by atoms with Crippen molar-refractivity contribution in [2.24, 2.45) is 5.92 Å². The molecule has 0 spiro atoms. The summed E-state index contributed by atoms with van der Waals surface area (Å²) in [5.74, 6) is -3.43. The lowest BCUT2D eigenvalue weighted by Gasteiger charge is -2.16. The van der Waals surface area contributed by atoms with Crippen LogP contribution in [0.3, 0.4) is 0 Å². The van der Waals surface area contributed by atoms with Crippen molar-refractivity contribution in [1.29, 1.82) is 0 Å². The Hall–Kier alpha value is -0.910. The molecule has 0 atom stereocenters. The average molecular weight is 192 g/mol. The predicted molar refractivity (Wildman–Crippen MR) is 46.4 cm³/mol. The number of carbonyl (C=O) groups is 1. The number of aliphatic hydroxyl groups is 3. The van der Waals surface area contributed by atoms with Gasteiger partial charge in [0.05, 0.1) is 7.11 Å². The van der Waals surface area contributed by atoms with Gasteiger partial charge in [-0.1, -0.05) is 20.4 Å². The highest BCUT2D eigenvalue weighted by atomic mass is 16.7. The highest BCUT2D eigenvalue weighted by molar-refractivity contribution is 5.80. The van der Waals surface area contributed by atoms with E-state index >= 15 is 0 Å². The summed E-state index contributed by atoms with van der Waals surface area (Å²) in [5.41, 5.74) is 0. The van der Waals surface area contributed by atoms with Gasteiger partial charge in [0.1, 0.15) is 0 Å². The van der Waals surface area contributed by atoms with Gasteiger partial charge in [-0.3, -0.25) is 0 Å². The zero-order valence-corrected chi connectivity index (χ0v) is 8.02. The number of rotatable bonds is 2. The molecule has 0 radical (unpaired) electrons. The fourth-order valence-electron chi connectivity index (χ4n) is 0.0833. The molecular weight excluding hydrogens is 176 g/mol. The molecule has 0 fully saturated rings. The molecule has 0 unspecified atom stereocenters. The number of methoxy groups -OCH3 is 1. The molecule has 78 valence electrons. The smallest absolute Gasteiger partial charge is 0.329 e. The van der Waals surface area contributed by atoms with Crippen LogP contribution in [0, 0.1) is 5.92 Å². The quantitative estimate of drug-likeness (QED) is 0.315. The summed E-state index contributed by atoms with van der Waals surface area (Å²) in [4.78, 5) is 9.84. The molecule has 0 rings (SSSR count). The second-order valence-corrected chi connectivity index (χ2v) is 2.57. The van der Waals surface area contributed by atoms with E-state index < -0.39 is 17.9 Å². The van der Waals surface area contributed by atoms with Crippen LogP contribution in [0.1, 0.15) is 13.8 Å². The molecule has 0 aliphatic carbocycles. The van der Waals surface area contributed by atoms with Crippen LogP contribution in [0.5, 0.6) is 0 Å². The van der Waals surface area contributed by atoms with E-state index in [1.54, 1.807) is 0 Å². The Morgan fingerprint density at radius 3 is 1.77 bits per heavy atom. The molecule has 0 bridgehead atoms. The van der Waals surface area contributed by atoms with Crippen molar-refractivity contribution >= 4 is 5.97 Å². The third-order valence-electron chi connectivity index (χ3n) is 1.14.